The molecule has 0 aliphatic carbocycles. The molecule has 7 unspecified atom stereocenters. The number of aliphatic hydroxyl groups is 5. The molecule has 0 spiro atoms. The van der Waals surface area contributed by atoms with Crippen LogP contribution in [0, 0.1) is 0 Å². The van der Waals surface area contributed by atoms with Crippen LogP contribution in [0.15, 0.2) is 60.8 Å². The van der Waals surface area contributed by atoms with E-state index in [2.05, 4.69) is 67.8 Å². The summed E-state index contributed by atoms with van der Waals surface area (Å²) in [5.74, 6) is -0.193. The van der Waals surface area contributed by atoms with Gasteiger partial charge in [-0.15, -0.1) is 0 Å². The Balaban J connectivity index is 2.05. The molecule has 0 radical (unpaired) electrons. The summed E-state index contributed by atoms with van der Waals surface area (Å²) in [5, 5.41) is 54.2. The fraction of sp³-hybridized carbons (Fsp3) is 0.820. The van der Waals surface area contributed by atoms with Crippen LogP contribution in [0.2, 0.25) is 0 Å². The molecule has 0 aromatic heterocycles. The number of amides is 1. The van der Waals surface area contributed by atoms with Gasteiger partial charge in [0.1, 0.15) is 24.4 Å². The first-order chi connectivity index (χ1) is 34.3. The second-order valence-corrected chi connectivity index (χ2v) is 20.4. The van der Waals surface area contributed by atoms with Gasteiger partial charge in [0, 0.05) is 6.42 Å². The smallest absolute Gasteiger partial charge is 0.220 e. The molecule has 1 aliphatic rings. The third-order valence-electron chi connectivity index (χ3n) is 13.8. The SMILES string of the molecule is CC/C=C/CC/C=C/CC/C=C/C(O)C(COC1OC(CO)C(O)C(O)C1O)NC(=O)CCCCCCCCCCCCCCCCCCC/C=C\C/C=C\CCCCCCCCCCCCCCC. The summed E-state index contributed by atoms with van der Waals surface area (Å²) in [6, 6.07) is -0.827. The van der Waals surface area contributed by atoms with Crippen molar-refractivity contribution in [2.24, 2.45) is 0 Å². The van der Waals surface area contributed by atoms with E-state index in [0.29, 0.717) is 6.42 Å². The molecule has 1 aliphatic heterocycles. The van der Waals surface area contributed by atoms with E-state index in [1.807, 2.05) is 6.08 Å². The van der Waals surface area contributed by atoms with Gasteiger partial charge in [-0.3, -0.25) is 4.79 Å². The molecule has 408 valence electrons. The first kappa shape index (κ1) is 65.9. The largest absolute Gasteiger partial charge is 0.394 e. The molecule has 0 bridgehead atoms. The summed E-state index contributed by atoms with van der Waals surface area (Å²) >= 11 is 0. The molecule has 6 N–H and O–H groups in total. The number of nitrogens with one attached hydrogen (secondary N) is 1. The number of ether oxygens (including phenoxy) is 2. The van der Waals surface area contributed by atoms with Gasteiger partial charge in [0.15, 0.2) is 6.29 Å². The van der Waals surface area contributed by atoms with Crippen LogP contribution in [-0.2, 0) is 14.3 Å². The van der Waals surface area contributed by atoms with Crippen LogP contribution in [0.1, 0.15) is 264 Å². The van der Waals surface area contributed by atoms with E-state index < -0.39 is 49.5 Å². The molecular weight excluding hydrogens is 875 g/mol. The summed E-state index contributed by atoms with van der Waals surface area (Å²) in [7, 11) is 0. The number of carbonyl (C=O) groups excluding carboxylic acids is 1. The normalized spacial score (nSPS) is 19.8. The van der Waals surface area contributed by atoms with Crippen LogP contribution in [0.4, 0.5) is 0 Å². The van der Waals surface area contributed by atoms with E-state index in [4.69, 9.17) is 9.47 Å². The minimum atomic E-state index is -1.57. The molecule has 1 fully saturated rings. The molecule has 0 aromatic carbocycles. The Morgan fingerprint density at radius 2 is 0.900 bits per heavy atom. The molecule has 9 nitrogen and oxygen atoms in total. The average molecular weight is 987 g/mol. The van der Waals surface area contributed by atoms with Gasteiger partial charge in [0.05, 0.1) is 25.4 Å². The second kappa shape index (κ2) is 50.4. The van der Waals surface area contributed by atoms with E-state index in [1.54, 1.807) is 6.08 Å². The summed E-state index contributed by atoms with van der Waals surface area (Å²) in [5.41, 5.74) is 0. The Morgan fingerprint density at radius 3 is 1.34 bits per heavy atom. The number of allylic oxidation sites excluding steroid dienone is 9. The Kier molecular flexibility index (Phi) is 47.5. The first-order valence-electron chi connectivity index (χ1n) is 29.5. The highest BCUT2D eigenvalue weighted by molar-refractivity contribution is 5.76. The van der Waals surface area contributed by atoms with Crippen LogP contribution in [0.3, 0.4) is 0 Å². The standard InChI is InChI=1S/C61H111NO8/c1-3-5-7-9-11-13-15-16-17-18-19-20-21-22-23-24-25-26-27-28-29-30-31-32-33-34-35-36-37-38-39-40-41-43-45-47-49-51-57(65)62-54(53-69-61-60(68)59(67)58(66)56(52-63)70-61)55(64)50-48-46-44-42-14-12-10-8-6-4-2/h6,8,14,23-24,26-27,42,48,50,54-56,58-61,63-64,66-68H,3-5,7,9-13,15-22,25,28-41,43-47,49,51-53H2,1-2H3,(H,62,65)/b8-6+,24-23-,27-26-,42-14+,50-48+. The van der Waals surface area contributed by atoms with Crippen LogP contribution < -0.4 is 5.32 Å². The lowest BCUT2D eigenvalue weighted by atomic mass is 9.99. The predicted octanol–water partition coefficient (Wildman–Crippen LogP) is 14.7. The molecule has 70 heavy (non-hydrogen) atoms. The number of unbranched alkanes of at least 4 members (excludes halogenated alkanes) is 32. The molecule has 1 amide bonds. The van der Waals surface area contributed by atoms with Crippen LogP contribution in [-0.4, -0.2) is 87.5 Å². The zero-order valence-electron chi connectivity index (χ0n) is 45.3. The highest BCUT2D eigenvalue weighted by atomic mass is 16.7. The maximum absolute atomic E-state index is 13.0. The summed E-state index contributed by atoms with van der Waals surface area (Å²) in [6.07, 6.45) is 62.0. The number of carbonyl (C=O) groups is 1. The van der Waals surface area contributed by atoms with Crippen molar-refractivity contribution in [1.82, 2.24) is 5.32 Å². The highest BCUT2D eigenvalue weighted by Crippen LogP contribution is 2.23. The van der Waals surface area contributed by atoms with E-state index in [-0.39, 0.29) is 12.5 Å². The van der Waals surface area contributed by atoms with Crippen molar-refractivity contribution in [3.8, 4) is 0 Å². The van der Waals surface area contributed by atoms with Crippen molar-refractivity contribution in [3.63, 3.8) is 0 Å². The van der Waals surface area contributed by atoms with Gasteiger partial charge < -0.3 is 40.3 Å². The van der Waals surface area contributed by atoms with Crippen molar-refractivity contribution in [2.75, 3.05) is 13.2 Å². The molecule has 0 aromatic rings. The Bertz CT molecular complexity index is 1280. The lowest BCUT2D eigenvalue weighted by Gasteiger charge is -2.40. The van der Waals surface area contributed by atoms with Gasteiger partial charge in [0.2, 0.25) is 5.91 Å². The number of rotatable bonds is 50. The molecule has 7 atom stereocenters. The Morgan fingerprint density at radius 1 is 0.500 bits per heavy atom. The van der Waals surface area contributed by atoms with Gasteiger partial charge >= 0.3 is 0 Å². The molecule has 0 saturated carbocycles. The van der Waals surface area contributed by atoms with E-state index in [1.165, 1.54) is 186 Å². The second-order valence-electron chi connectivity index (χ2n) is 20.4. The van der Waals surface area contributed by atoms with Crippen LogP contribution in [0.5, 0.6) is 0 Å². The third kappa shape index (κ3) is 39.4. The maximum atomic E-state index is 13.0. The van der Waals surface area contributed by atoms with Gasteiger partial charge in [0.25, 0.3) is 0 Å². The van der Waals surface area contributed by atoms with Crippen molar-refractivity contribution in [1.29, 1.82) is 0 Å². The van der Waals surface area contributed by atoms with Crippen molar-refractivity contribution in [2.45, 2.75) is 307 Å². The highest BCUT2D eigenvalue weighted by Gasteiger charge is 2.44. The van der Waals surface area contributed by atoms with Gasteiger partial charge in [-0.2, -0.15) is 0 Å². The minimum absolute atomic E-state index is 0.193. The quantitative estimate of drug-likeness (QED) is 0.0261. The Hall–Kier alpha value is -2.11. The van der Waals surface area contributed by atoms with Crippen molar-refractivity contribution >= 4 is 5.91 Å². The van der Waals surface area contributed by atoms with Gasteiger partial charge in [-0.05, 0) is 70.6 Å². The average Bonchev–Trinajstić information content (AvgIpc) is 3.36. The van der Waals surface area contributed by atoms with Gasteiger partial charge in [-0.1, -0.05) is 248 Å². The lowest BCUT2D eigenvalue weighted by molar-refractivity contribution is -0.302. The maximum Gasteiger partial charge on any atom is 0.220 e. The topological polar surface area (TPSA) is 149 Å². The number of hydrogen-bond acceptors (Lipinski definition) is 8. The van der Waals surface area contributed by atoms with Crippen LogP contribution >= 0.6 is 0 Å². The Labute approximate surface area is 430 Å². The van der Waals surface area contributed by atoms with Crippen molar-refractivity contribution in [3.05, 3.63) is 60.8 Å². The molecule has 1 saturated heterocycles. The van der Waals surface area contributed by atoms with Crippen molar-refractivity contribution < 1.29 is 39.8 Å². The summed E-state index contributed by atoms with van der Waals surface area (Å²) < 4.78 is 11.2. The predicted molar refractivity (Wildman–Crippen MR) is 295 cm³/mol. The fourth-order valence-electron chi connectivity index (χ4n) is 9.17. The number of hydrogen-bond donors (Lipinski definition) is 6. The lowest BCUT2D eigenvalue weighted by Crippen LogP contribution is -2.60. The summed E-state index contributed by atoms with van der Waals surface area (Å²) in [6.45, 7) is 3.64. The summed E-state index contributed by atoms with van der Waals surface area (Å²) in [4.78, 5) is 13.0. The fourth-order valence-corrected chi connectivity index (χ4v) is 9.17. The molecular formula is C61H111NO8. The molecule has 9 heteroatoms. The number of aliphatic hydroxyl groups excluding tert-OH is 5. The van der Waals surface area contributed by atoms with E-state index in [9.17, 15) is 30.3 Å². The monoisotopic (exact) mass is 986 g/mol. The molecule has 1 rings (SSSR count). The minimum Gasteiger partial charge on any atom is -0.394 e. The zero-order valence-corrected chi connectivity index (χ0v) is 45.3. The first-order valence-corrected chi connectivity index (χ1v) is 29.5. The molecule has 1 heterocycles. The van der Waals surface area contributed by atoms with E-state index in [0.717, 1.165) is 57.8 Å². The third-order valence-corrected chi connectivity index (χ3v) is 13.8. The van der Waals surface area contributed by atoms with Crippen LogP contribution in [0.25, 0.3) is 0 Å². The zero-order chi connectivity index (χ0) is 50.8. The van der Waals surface area contributed by atoms with Gasteiger partial charge in [-0.25, -0.2) is 0 Å². The van der Waals surface area contributed by atoms with E-state index >= 15 is 0 Å².